The van der Waals surface area contributed by atoms with E-state index >= 15 is 0 Å². The molecule has 0 radical (unpaired) electrons. The molecule has 1 rings (SSSR count). The van der Waals surface area contributed by atoms with E-state index in [1.807, 2.05) is 18.2 Å². The highest BCUT2D eigenvalue weighted by atomic mass is 16.5. The minimum absolute atomic E-state index is 0.417. The van der Waals surface area contributed by atoms with Gasteiger partial charge < -0.3 is 10.5 Å². The summed E-state index contributed by atoms with van der Waals surface area (Å²) >= 11 is 0. The molecule has 0 spiro atoms. The van der Waals surface area contributed by atoms with Gasteiger partial charge in [0.2, 0.25) is 0 Å². The third-order valence-electron chi connectivity index (χ3n) is 1.35. The molecule has 0 aliphatic carbocycles. The standard InChI is InChI=1S/C10H11NO/c1-2-3-7-12-10-6-4-5-9(11)8-10/h4-6,8H,7,11H2,1H3. The van der Waals surface area contributed by atoms with Gasteiger partial charge in [0.15, 0.2) is 0 Å². The van der Waals surface area contributed by atoms with Gasteiger partial charge in [-0.3, -0.25) is 0 Å². The van der Waals surface area contributed by atoms with Crippen LogP contribution in [0.3, 0.4) is 0 Å². The molecule has 0 unspecified atom stereocenters. The third-order valence-corrected chi connectivity index (χ3v) is 1.35. The van der Waals surface area contributed by atoms with Crippen LogP contribution in [-0.4, -0.2) is 6.61 Å². The smallest absolute Gasteiger partial charge is 0.149 e. The monoisotopic (exact) mass is 161 g/mol. The van der Waals surface area contributed by atoms with Crippen LogP contribution in [-0.2, 0) is 0 Å². The highest BCUT2D eigenvalue weighted by molar-refractivity contribution is 5.43. The van der Waals surface area contributed by atoms with Crippen molar-refractivity contribution in [1.29, 1.82) is 0 Å². The molecule has 62 valence electrons. The normalized spacial score (nSPS) is 8.42. The minimum Gasteiger partial charge on any atom is -0.481 e. The molecular formula is C10H11NO. The van der Waals surface area contributed by atoms with Gasteiger partial charge in [-0.05, 0) is 19.1 Å². The SMILES string of the molecule is CC#CCOc1cccc(N)c1. The summed E-state index contributed by atoms with van der Waals surface area (Å²) in [6.45, 7) is 2.20. The minimum atomic E-state index is 0.417. The van der Waals surface area contributed by atoms with Crippen molar-refractivity contribution in [2.75, 3.05) is 12.3 Å². The number of nitrogen functional groups attached to an aromatic ring is 1. The molecule has 0 bridgehead atoms. The van der Waals surface area contributed by atoms with E-state index in [1.54, 1.807) is 13.0 Å². The lowest BCUT2D eigenvalue weighted by atomic mass is 10.3. The van der Waals surface area contributed by atoms with E-state index in [-0.39, 0.29) is 0 Å². The van der Waals surface area contributed by atoms with Gasteiger partial charge in [0.1, 0.15) is 12.4 Å². The van der Waals surface area contributed by atoms with Crippen LogP contribution >= 0.6 is 0 Å². The first-order chi connectivity index (χ1) is 5.83. The van der Waals surface area contributed by atoms with E-state index in [4.69, 9.17) is 10.5 Å². The van der Waals surface area contributed by atoms with Crippen molar-refractivity contribution in [2.45, 2.75) is 6.92 Å². The zero-order chi connectivity index (χ0) is 8.81. The molecule has 2 nitrogen and oxygen atoms in total. The van der Waals surface area contributed by atoms with E-state index in [0.717, 1.165) is 5.75 Å². The first-order valence-corrected chi connectivity index (χ1v) is 3.71. The molecule has 12 heavy (non-hydrogen) atoms. The second-order valence-corrected chi connectivity index (χ2v) is 2.29. The number of hydrogen-bond acceptors (Lipinski definition) is 2. The lowest BCUT2D eigenvalue weighted by Crippen LogP contribution is -1.94. The molecule has 0 aliphatic heterocycles. The summed E-state index contributed by atoms with van der Waals surface area (Å²) in [6.07, 6.45) is 0. The van der Waals surface area contributed by atoms with E-state index in [0.29, 0.717) is 12.3 Å². The van der Waals surface area contributed by atoms with Crippen LogP contribution in [0.4, 0.5) is 5.69 Å². The van der Waals surface area contributed by atoms with Gasteiger partial charge in [0, 0.05) is 11.8 Å². The number of nitrogens with two attached hydrogens (primary N) is 1. The van der Waals surface area contributed by atoms with E-state index in [9.17, 15) is 0 Å². The van der Waals surface area contributed by atoms with Crippen LogP contribution in [0, 0.1) is 11.8 Å². The molecule has 0 saturated heterocycles. The topological polar surface area (TPSA) is 35.2 Å². The summed E-state index contributed by atoms with van der Waals surface area (Å²) in [5, 5.41) is 0. The molecule has 1 aromatic rings. The second kappa shape index (κ2) is 4.30. The average Bonchev–Trinajstić information content (AvgIpc) is 2.05. The zero-order valence-corrected chi connectivity index (χ0v) is 7.00. The quantitative estimate of drug-likeness (QED) is 0.529. The Balaban J connectivity index is 2.55. The molecular weight excluding hydrogens is 150 g/mol. The molecule has 0 fully saturated rings. The van der Waals surface area contributed by atoms with Crippen molar-refractivity contribution in [2.24, 2.45) is 0 Å². The largest absolute Gasteiger partial charge is 0.481 e. The molecule has 0 aromatic heterocycles. The Morgan fingerprint density at radius 2 is 2.33 bits per heavy atom. The van der Waals surface area contributed by atoms with Gasteiger partial charge in [-0.1, -0.05) is 12.0 Å². The summed E-state index contributed by atoms with van der Waals surface area (Å²) in [4.78, 5) is 0. The fourth-order valence-corrected chi connectivity index (χ4v) is 0.796. The zero-order valence-electron chi connectivity index (χ0n) is 7.00. The summed E-state index contributed by atoms with van der Waals surface area (Å²) in [5.74, 6) is 6.31. The van der Waals surface area contributed by atoms with Gasteiger partial charge in [-0.2, -0.15) is 0 Å². The van der Waals surface area contributed by atoms with Crippen molar-refractivity contribution < 1.29 is 4.74 Å². The van der Waals surface area contributed by atoms with Crippen molar-refractivity contribution >= 4 is 5.69 Å². The lowest BCUT2D eigenvalue weighted by molar-refractivity contribution is 0.370. The Morgan fingerprint density at radius 1 is 1.50 bits per heavy atom. The summed E-state index contributed by atoms with van der Waals surface area (Å²) in [5.41, 5.74) is 6.25. The van der Waals surface area contributed by atoms with E-state index < -0.39 is 0 Å². The highest BCUT2D eigenvalue weighted by Gasteiger charge is 1.90. The molecule has 0 saturated carbocycles. The molecule has 2 heteroatoms. The summed E-state index contributed by atoms with van der Waals surface area (Å²) in [6, 6.07) is 7.30. The number of anilines is 1. The van der Waals surface area contributed by atoms with Gasteiger partial charge in [0.05, 0.1) is 0 Å². The van der Waals surface area contributed by atoms with Gasteiger partial charge in [-0.15, -0.1) is 5.92 Å². The Hall–Kier alpha value is -1.62. The third kappa shape index (κ3) is 2.55. The number of ether oxygens (including phenoxy) is 1. The molecule has 0 heterocycles. The van der Waals surface area contributed by atoms with Gasteiger partial charge in [-0.25, -0.2) is 0 Å². The maximum atomic E-state index is 5.55. The van der Waals surface area contributed by atoms with Crippen LogP contribution in [0.1, 0.15) is 6.92 Å². The van der Waals surface area contributed by atoms with Crippen LogP contribution in [0.5, 0.6) is 5.75 Å². The highest BCUT2D eigenvalue weighted by Crippen LogP contribution is 2.13. The van der Waals surface area contributed by atoms with Crippen LogP contribution in [0.2, 0.25) is 0 Å². The molecule has 0 amide bonds. The maximum absolute atomic E-state index is 5.55. The van der Waals surface area contributed by atoms with Crippen molar-refractivity contribution in [3.8, 4) is 17.6 Å². The Bertz CT molecular complexity index is 309. The predicted molar refractivity (Wildman–Crippen MR) is 49.8 cm³/mol. The number of hydrogen-bond donors (Lipinski definition) is 1. The molecule has 2 N–H and O–H groups in total. The Kier molecular flexibility index (Phi) is 3.04. The first-order valence-electron chi connectivity index (χ1n) is 3.71. The van der Waals surface area contributed by atoms with Crippen LogP contribution < -0.4 is 10.5 Å². The summed E-state index contributed by atoms with van der Waals surface area (Å²) < 4.78 is 5.27. The van der Waals surface area contributed by atoms with Crippen LogP contribution in [0.25, 0.3) is 0 Å². The van der Waals surface area contributed by atoms with Crippen molar-refractivity contribution in [3.05, 3.63) is 24.3 Å². The first kappa shape index (κ1) is 8.48. The molecule has 0 aliphatic rings. The second-order valence-electron chi connectivity index (χ2n) is 2.29. The fraction of sp³-hybridized carbons (Fsp3) is 0.200. The van der Waals surface area contributed by atoms with Crippen LogP contribution in [0.15, 0.2) is 24.3 Å². The lowest BCUT2D eigenvalue weighted by Gasteiger charge is -2.01. The molecule has 1 aromatic carbocycles. The Labute approximate surface area is 72.3 Å². The van der Waals surface area contributed by atoms with Gasteiger partial charge in [0.25, 0.3) is 0 Å². The average molecular weight is 161 g/mol. The van der Waals surface area contributed by atoms with Crippen molar-refractivity contribution in [1.82, 2.24) is 0 Å². The van der Waals surface area contributed by atoms with E-state index in [1.165, 1.54) is 0 Å². The fourth-order valence-electron chi connectivity index (χ4n) is 0.796. The Morgan fingerprint density at radius 3 is 3.00 bits per heavy atom. The summed E-state index contributed by atoms with van der Waals surface area (Å²) in [7, 11) is 0. The van der Waals surface area contributed by atoms with Gasteiger partial charge >= 0.3 is 0 Å². The maximum Gasteiger partial charge on any atom is 0.149 e. The van der Waals surface area contributed by atoms with E-state index in [2.05, 4.69) is 11.8 Å². The molecule has 0 atom stereocenters. The predicted octanol–water partition coefficient (Wildman–Crippen LogP) is 1.67. The number of benzene rings is 1. The van der Waals surface area contributed by atoms with Crippen molar-refractivity contribution in [3.63, 3.8) is 0 Å². The number of rotatable bonds is 2.